The lowest BCUT2D eigenvalue weighted by molar-refractivity contribution is -0.118. The Balaban J connectivity index is 1.82. The van der Waals surface area contributed by atoms with Gasteiger partial charge in [-0.3, -0.25) is 4.79 Å². The molecule has 1 fully saturated rings. The number of benzene rings is 2. The summed E-state index contributed by atoms with van der Waals surface area (Å²) < 4.78 is 27.9. The Morgan fingerprint density at radius 1 is 1.12 bits per heavy atom. The van der Waals surface area contributed by atoms with Crippen LogP contribution in [-0.4, -0.2) is 26.9 Å². The van der Waals surface area contributed by atoms with Crippen molar-refractivity contribution in [2.75, 3.05) is 11.4 Å². The molecule has 0 radical (unpaired) electrons. The minimum atomic E-state index is -3.88. The van der Waals surface area contributed by atoms with Gasteiger partial charge in [0.1, 0.15) is 10.9 Å². The van der Waals surface area contributed by atoms with Crippen LogP contribution in [0.15, 0.2) is 47.4 Å². The highest BCUT2D eigenvalue weighted by Gasteiger charge is 2.36. The summed E-state index contributed by atoms with van der Waals surface area (Å²) in [6.45, 7) is 4.12. The van der Waals surface area contributed by atoms with Crippen molar-refractivity contribution >= 4 is 33.2 Å². The van der Waals surface area contributed by atoms with E-state index in [1.54, 1.807) is 24.0 Å². The van der Waals surface area contributed by atoms with Crippen molar-refractivity contribution in [1.29, 1.82) is 0 Å². The lowest BCUT2D eigenvalue weighted by Crippen LogP contribution is -2.41. The van der Waals surface area contributed by atoms with Crippen LogP contribution >= 0.6 is 11.6 Å². The van der Waals surface area contributed by atoms with Gasteiger partial charge in [-0.25, -0.2) is 8.42 Å². The van der Waals surface area contributed by atoms with Gasteiger partial charge in [0, 0.05) is 12.2 Å². The van der Waals surface area contributed by atoms with Crippen LogP contribution in [0.2, 0.25) is 5.02 Å². The van der Waals surface area contributed by atoms with Gasteiger partial charge in [-0.2, -0.15) is 4.72 Å². The molecule has 1 saturated heterocycles. The molecule has 1 unspecified atom stereocenters. The zero-order valence-electron chi connectivity index (χ0n) is 14.0. The Morgan fingerprint density at radius 2 is 1.80 bits per heavy atom. The number of carbonyl (C=O) groups is 1. The fourth-order valence-electron chi connectivity index (χ4n) is 2.97. The van der Waals surface area contributed by atoms with Crippen molar-refractivity contribution in [2.45, 2.75) is 31.2 Å². The number of rotatable bonds is 4. The predicted molar refractivity (Wildman–Crippen MR) is 98.4 cm³/mol. The molecule has 1 aliphatic rings. The summed E-state index contributed by atoms with van der Waals surface area (Å²) in [6.07, 6.45) is 0.412. The number of aryl methyl sites for hydroxylation is 2. The largest absolute Gasteiger partial charge is 0.311 e. The number of amides is 1. The Labute approximate surface area is 152 Å². The maximum atomic E-state index is 12.7. The van der Waals surface area contributed by atoms with E-state index in [-0.39, 0.29) is 15.8 Å². The molecular formula is C18H19ClN2O3S. The van der Waals surface area contributed by atoms with Crippen LogP contribution in [0.4, 0.5) is 5.69 Å². The van der Waals surface area contributed by atoms with Gasteiger partial charge in [0.05, 0.1) is 5.02 Å². The number of halogens is 1. The molecule has 7 heteroatoms. The number of carbonyl (C=O) groups excluding carboxylic acids is 1. The standard InChI is InChI=1S/C18H19ClN2O3S/c1-12-6-8-14(9-7-12)21-11-10-16(18(21)22)20-25(23,24)17-13(2)4-3-5-15(17)19/h3-9,16,20H,10-11H2,1-2H3. The first-order valence-corrected chi connectivity index (χ1v) is 9.81. The zero-order valence-corrected chi connectivity index (χ0v) is 15.6. The third kappa shape index (κ3) is 3.56. The topological polar surface area (TPSA) is 66.5 Å². The summed E-state index contributed by atoms with van der Waals surface area (Å²) >= 11 is 6.06. The lowest BCUT2D eigenvalue weighted by atomic mass is 10.2. The minimum Gasteiger partial charge on any atom is -0.311 e. The molecule has 5 nitrogen and oxygen atoms in total. The fourth-order valence-corrected chi connectivity index (χ4v) is 5.03. The van der Waals surface area contributed by atoms with Gasteiger partial charge in [-0.15, -0.1) is 0 Å². The van der Waals surface area contributed by atoms with E-state index in [1.807, 2.05) is 31.2 Å². The molecule has 1 aliphatic heterocycles. The van der Waals surface area contributed by atoms with Gasteiger partial charge >= 0.3 is 0 Å². The van der Waals surface area contributed by atoms with Crippen LogP contribution in [0.3, 0.4) is 0 Å². The normalized spacial score (nSPS) is 18.0. The first kappa shape index (κ1) is 17.9. The summed E-state index contributed by atoms with van der Waals surface area (Å²) in [4.78, 5) is 14.3. The molecule has 0 aromatic heterocycles. The molecule has 0 spiro atoms. The molecule has 132 valence electrons. The van der Waals surface area contributed by atoms with Crippen molar-refractivity contribution in [3.8, 4) is 0 Å². The minimum absolute atomic E-state index is 0.0262. The maximum absolute atomic E-state index is 12.7. The van der Waals surface area contributed by atoms with Gasteiger partial charge < -0.3 is 4.90 Å². The summed E-state index contributed by atoms with van der Waals surface area (Å²) in [6, 6.07) is 11.7. The Morgan fingerprint density at radius 3 is 2.44 bits per heavy atom. The van der Waals surface area contributed by atoms with Crippen LogP contribution < -0.4 is 9.62 Å². The highest BCUT2D eigenvalue weighted by atomic mass is 35.5. The number of hydrogen-bond donors (Lipinski definition) is 1. The second kappa shape index (κ2) is 6.78. The summed E-state index contributed by atoms with van der Waals surface area (Å²) in [5, 5.41) is 0.147. The molecular weight excluding hydrogens is 360 g/mol. The number of nitrogens with one attached hydrogen (secondary N) is 1. The average molecular weight is 379 g/mol. The molecule has 1 N–H and O–H groups in total. The van der Waals surface area contributed by atoms with Crippen molar-refractivity contribution in [3.05, 3.63) is 58.6 Å². The first-order valence-electron chi connectivity index (χ1n) is 7.95. The van der Waals surface area contributed by atoms with Crippen molar-refractivity contribution in [3.63, 3.8) is 0 Å². The molecule has 0 aliphatic carbocycles. The SMILES string of the molecule is Cc1ccc(N2CCC(NS(=O)(=O)c3c(C)cccc3Cl)C2=O)cc1. The highest BCUT2D eigenvalue weighted by molar-refractivity contribution is 7.89. The lowest BCUT2D eigenvalue weighted by Gasteiger charge is -2.18. The van der Waals surface area contributed by atoms with Crippen molar-refractivity contribution in [1.82, 2.24) is 4.72 Å². The van der Waals surface area contributed by atoms with Crippen LogP contribution in [-0.2, 0) is 14.8 Å². The molecule has 0 saturated carbocycles. The van der Waals surface area contributed by atoms with Gasteiger partial charge in [0.2, 0.25) is 15.9 Å². The Bertz CT molecular complexity index is 890. The smallest absolute Gasteiger partial charge is 0.245 e. The van der Waals surface area contributed by atoms with Gasteiger partial charge in [-0.1, -0.05) is 41.4 Å². The molecule has 2 aromatic rings. The first-order chi connectivity index (χ1) is 11.8. The van der Waals surface area contributed by atoms with Gasteiger partial charge in [0.25, 0.3) is 0 Å². The summed E-state index contributed by atoms with van der Waals surface area (Å²) in [7, 11) is -3.88. The summed E-state index contributed by atoms with van der Waals surface area (Å²) in [5.41, 5.74) is 2.41. The van der Waals surface area contributed by atoms with Gasteiger partial charge in [0.15, 0.2) is 0 Å². The Kier molecular flexibility index (Phi) is 4.86. The number of nitrogens with zero attached hydrogens (tertiary/aromatic N) is 1. The van der Waals surface area contributed by atoms with E-state index in [1.165, 1.54) is 6.07 Å². The third-order valence-corrected chi connectivity index (χ3v) is 6.38. The van der Waals surface area contributed by atoms with E-state index >= 15 is 0 Å². The quantitative estimate of drug-likeness (QED) is 0.889. The van der Waals surface area contributed by atoms with E-state index < -0.39 is 16.1 Å². The van der Waals surface area contributed by atoms with Gasteiger partial charge in [-0.05, 0) is 44.0 Å². The fraction of sp³-hybridized carbons (Fsp3) is 0.278. The predicted octanol–water partition coefficient (Wildman–Crippen LogP) is 3.04. The van der Waals surface area contributed by atoms with E-state index in [9.17, 15) is 13.2 Å². The number of anilines is 1. The second-order valence-electron chi connectivity index (χ2n) is 6.17. The Hall–Kier alpha value is -1.89. The molecule has 1 atom stereocenters. The average Bonchev–Trinajstić information content (AvgIpc) is 2.88. The molecule has 3 rings (SSSR count). The molecule has 2 aromatic carbocycles. The third-order valence-electron chi connectivity index (χ3n) is 4.28. The number of hydrogen-bond acceptors (Lipinski definition) is 3. The summed E-state index contributed by atoms with van der Waals surface area (Å²) in [5.74, 6) is -0.253. The van der Waals surface area contributed by atoms with Crippen molar-refractivity contribution < 1.29 is 13.2 Å². The van der Waals surface area contributed by atoms with E-state index in [4.69, 9.17) is 11.6 Å². The highest BCUT2D eigenvalue weighted by Crippen LogP contribution is 2.27. The molecule has 25 heavy (non-hydrogen) atoms. The maximum Gasteiger partial charge on any atom is 0.245 e. The van der Waals surface area contributed by atoms with Crippen molar-refractivity contribution in [2.24, 2.45) is 0 Å². The second-order valence-corrected chi connectivity index (χ2v) is 8.23. The van der Waals surface area contributed by atoms with E-state index in [0.29, 0.717) is 18.5 Å². The molecule has 1 heterocycles. The zero-order chi connectivity index (χ0) is 18.2. The number of sulfonamides is 1. The van der Waals surface area contributed by atoms with Crippen LogP contribution in [0.1, 0.15) is 17.5 Å². The van der Waals surface area contributed by atoms with Crippen LogP contribution in [0.5, 0.6) is 0 Å². The van der Waals surface area contributed by atoms with Crippen LogP contribution in [0, 0.1) is 13.8 Å². The van der Waals surface area contributed by atoms with Crippen LogP contribution in [0.25, 0.3) is 0 Å². The van der Waals surface area contributed by atoms with E-state index in [0.717, 1.165) is 11.3 Å². The van der Waals surface area contributed by atoms with E-state index in [2.05, 4.69) is 4.72 Å². The molecule has 0 bridgehead atoms. The molecule has 1 amide bonds. The monoisotopic (exact) mass is 378 g/mol.